The Labute approximate surface area is 105 Å². The molecule has 2 unspecified atom stereocenters. The predicted molar refractivity (Wildman–Crippen MR) is 66.6 cm³/mol. The molecule has 0 spiro atoms. The van der Waals surface area contributed by atoms with Crippen molar-refractivity contribution >= 4 is 11.4 Å². The number of aliphatic hydroxyl groups is 1. The zero-order valence-corrected chi connectivity index (χ0v) is 10.1. The first-order valence-corrected chi connectivity index (χ1v) is 5.83. The van der Waals surface area contributed by atoms with Crippen LogP contribution in [0, 0.1) is 10.1 Å². The molecule has 0 bridgehead atoms. The number of nitrogens with zero attached hydrogens (tertiary/aromatic N) is 1. The molecule has 1 fully saturated rings. The lowest BCUT2D eigenvalue weighted by Gasteiger charge is -2.26. The number of benzene rings is 1. The number of nitrogens with one attached hydrogen (secondary N) is 1. The fourth-order valence-corrected chi connectivity index (χ4v) is 1.99. The Morgan fingerprint density at radius 2 is 2.44 bits per heavy atom. The number of hydrogen-bond acceptors (Lipinski definition) is 5. The Hall–Kier alpha value is -1.66. The minimum atomic E-state index is -0.912. The van der Waals surface area contributed by atoms with Crippen LogP contribution in [0.25, 0.3) is 0 Å². The topological polar surface area (TPSA) is 84.6 Å². The summed E-state index contributed by atoms with van der Waals surface area (Å²) >= 11 is 0. The Bertz CT molecular complexity index is 451. The molecule has 0 saturated carbocycles. The quantitative estimate of drug-likeness (QED) is 0.627. The second-order valence-electron chi connectivity index (χ2n) is 4.53. The summed E-state index contributed by atoms with van der Waals surface area (Å²) in [5, 5.41) is 23.9. The van der Waals surface area contributed by atoms with Crippen LogP contribution >= 0.6 is 0 Å². The van der Waals surface area contributed by atoms with Crippen LogP contribution in [0.2, 0.25) is 0 Å². The maximum Gasteiger partial charge on any atom is 0.271 e. The highest BCUT2D eigenvalue weighted by Gasteiger charge is 2.39. The molecule has 1 aromatic rings. The Kier molecular flexibility index (Phi) is 3.49. The first-order valence-electron chi connectivity index (χ1n) is 5.83. The number of ether oxygens (including phenoxy) is 1. The van der Waals surface area contributed by atoms with Gasteiger partial charge in [-0.3, -0.25) is 10.1 Å². The second kappa shape index (κ2) is 4.91. The van der Waals surface area contributed by atoms with E-state index in [0.29, 0.717) is 25.3 Å². The molecule has 18 heavy (non-hydrogen) atoms. The SMILES string of the molecule is CC1OCCC1(O)CNc1cccc([N+](=O)[O-])c1. The maximum atomic E-state index is 10.6. The summed E-state index contributed by atoms with van der Waals surface area (Å²) in [4.78, 5) is 10.2. The minimum absolute atomic E-state index is 0.0303. The minimum Gasteiger partial charge on any atom is -0.385 e. The van der Waals surface area contributed by atoms with Gasteiger partial charge in [0.1, 0.15) is 5.60 Å². The van der Waals surface area contributed by atoms with Crippen molar-refractivity contribution in [2.75, 3.05) is 18.5 Å². The van der Waals surface area contributed by atoms with Gasteiger partial charge in [-0.05, 0) is 13.0 Å². The summed E-state index contributed by atoms with van der Waals surface area (Å²) in [7, 11) is 0. The van der Waals surface area contributed by atoms with Crippen molar-refractivity contribution in [1.29, 1.82) is 0 Å². The summed E-state index contributed by atoms with van der Waals surface area (Å²) < 4.78 is 5.32. The molecule has 6 nitrogen and oxygen atoms in total. The fourth-order valence-electron chi connectivity index (χ4n) is 1.99. The highest BCUT2D eigenvalue weighted by Crippen LogP contribution is 2.26. The van der Waals surface area contributed by atoms with E-state index in [-0.39, 0.29) is 11.8 Å². The molecule has 0 radical (unpaired) electrons. The van der Waals surface area contributed by atoms with Crippen LogP contribution in [-0.4, -0.2) is 34.9 Å². The van der Waals surface area contributed by atoms with E-state index in [1.165, 1.54) is 12.1 Å². The highest BCUT2D eigenvalue weighted by molar-refractivity contribution is 5.51. The van der Waals surface area contributed by atoms with Crippen molar-refractivity contribution in [1.82, 2.24) is 0 Å². The highest BCUT2D eigenvalue weighted by atomic mass is 16.6. The molecular weight excluding hydrogens is 236 g/mol. The first-order chi connectivity index (χ1) is 8.51. The zero-order valence-electron chi connectivity index (χ0n) is 10.1. The van der Waals surface area contributed by atoms with Gasteiger partial charge >= 0.3 is 0 Å². The van der Waals surface area contributed by atoms with Crippen LogP contribution in [0.1, 0.15) is 13.3 Å². The zero-order chi connectivity index (χ0) is 13.2. The molecule has 1 aliphatic rings. The summed E-state index contributed by atoms with van der Waals surface area (Å²) in [6, 6.07) is 6.22. The van der Waals surface area contributed by atoms with E-state index in [1.54, 1.807) is 12.1 Å². The summed E-state index contributed by atoms with van der Waals surface area (Å²) in [5.41, 5.74) is -0.260. The van der Waals surface area contributed by atoms with E-state index in [1.807, 2.05) is 6.92 Å². The van der Waals surface area contributed by atoms with Gasteiger partial charge in [0, 0.05) is 37.4 Å². The molecule has 1 aromatic carbocycles. The molecule has 1 heterocycles. The van der Waals surface area contributed by atoms with Crippen LogP contribution in [0.3, 0.4) is 0 Å². The molecule has 98 valence electrons. The number of hydrogen-bond donors (Lipinski definition) is 2. The third-order valence-corrected chi connectivity index (χ3v) is 3.32. The predicted octanol–water partition coefficient (Wildman–Crippen LogP) is 1.55. The summed E-state index contributed by atoms with van der Waals surface area (Å²) in [6.45, 7) is 2.67. The van der Waals surface area contributed by atoms with Crippen molar-refractivity contribution in [3.05, 3.63) is 34.4 Å². The Morgan fingerprint density at radius 1 is 1.67 bits per heavy atom. The second-order valence-corrected chi connectivity index (χ2v) is 4.53. The van der Waals surface area contributed by atoms with Gasteiger partial charge in [0.25, 0.3) is 5.69 Å². The number of nitro benzene ring substituents is 1. The number of non-ortho nitro benzene ring substituents is 1. The molecule has 2 rings (SSSR count). The monoisotopic (exact) mass is 252 g/mol. The van der Waals surface area contributed by atoms with Gasteiger partial charge in [0.15, 0.2) is 0 Å². The van der Waals surface area contributed by atoms with Crippen molar-refractivity contribution in [3.8, 4) is 0 Å². The first kappa shape index (κ1) is 12.8. The lowest BCUT2D eigenvalue weighted by Crippen LogP contribution is -2.43. The molecule has 0 aromatic heterocycles. The van der Waals surface area contributed by atoms with Crippen LogP contribution in [0.4, 0.5) is 11.4 Å². The number of nitro groups is 1. The van der Waals surface area contributed by atoms with Crippen LogP contribution in [0.15, 0.2) is 24.3 Å². The smallest absolute Gasteiger partial charge is 0.271 e. The molecule has 0 amide bonds. The van der Waals surface area contributed by atoms with Crippen molar-refractivity contribution in [2.24, 2.45) is 0 Å². The summed E-state index contributed by atoms with van der Waals surface area (Å²) in [5.74, 6) is 0. The van der Waals surface area contributed by atoms with Crippen LogP contribution < -0.4 is 5.32 Å². The Morgan fingerprint density at radius 3 is 3.06 bits per heavy atom. The van der Waals surface area contributed by atoms with E-state index in [4.69, 9.17) is 4.74 Å². The average Bonchev–Trinajstić information content (AvgIpc) is 2.68. The Balaban J connectivity index is 2.02. The van der Waals surface area contributed by atoms with Crippen LogP contribution in [-0.2, 0) is 4.74 Å². The standard InChI is InChI=1S/C12H16N2O4/c1-9-12(15,5-6-18-9)8-13-10-3-2-4-11(7-10)14(16)17/h2-4,7,9,13,15H,5-6,8H2,1H3. The molecule has 2 atom stereocenters. The van der Waals surface area contributed by atoms with E-state index in [9.17, 15) is 15.2 Å². The molecule has 1 aliphatic heterocycles. The molecule has 2 N–H and O–H groups in total. The van der Waals surface area contributed by atoms with Gasteiger partial charge in [-0.15, -0.1) is 0 Å². The van der Waals surface area contributed by atoms with Crippen molar-refractivity contribution in [3.63, 3.8) is 0 Å². The third kappa shape index (κ3) is 2.60. The summed E-state index contributed by atoms with van der Waals surface area (Å²) in [6.07, 6.45) is 0.333. The van der Waals surface area contributed by atoms with Crippen LogP contribution in [0.5, 0.6) is 0 Å². The molecule has 1 saturated heterocycles. The van der Waals surface area contributed by atoms with Gasteiger partial charge < -0.3 is 15.2 Å². The largest absolute Gasteiger partial charge is 0.385 e. The van der Waals surface area contributed by atoms with E-state index in [0.717, 1.165) is 0 Å². The van der Waals surface area contributed by atoms with E-state index in [2.05, 4.69) is 5.32 Å². The van der Waals surface area contributed by atoms with E-state index < -0.39 is 10.5 Å². The van der Waals surface area contributed by atoms with Crippen molar-refractivity contribution < 1.29 is 14.8 Å². The van der Waals surface area contributed by atoms with Gasteiger partial charge in [0.05, 0.1) is 11.0 Å². The molecular formula is C12H16N2O4. The van der Waals surface area contributed by atoms with Gasteiger partial charge in [-0.25, -0.2) is 0 Å². The number of anilines is 1. The maximum absolute atomic E-state index is 10.6. The van der Waals surface area contributed by atoms with Gasteiger partial charge in [-0.2, -0.15) is 0 Å². The average molecular weight is 252 g/mol. The normalized spacial score (nSPS) is 27.1. The molecule has 0 aliphatic carbocycles. The number of rotatable bonds is 4. The van der Waals surface area contributed by atoms with Gasteiger partial charge in [-0.1, -0.05) is 6.07 Å². The van der Waals surface area contributed by atoms with Crippen molar-refractivity contribution in [2.45, 2.75) is 25.0 Å². The molecule has 6 heteroatoms. The van der Waals surface area contributed by atoms with Gasteiger partial charge in [0.2, 0.25) is 0 Å². The fraction of sp³-hybridized carbons (Fsp3) is 0.500. The lowest BCUT2D eigenvalue weighted by molar-refractivity contribution is -0.384. The third-order valence-electron chi connectivity index (χ3n) is 3.32. The lowest BCUT2D eigenvalue weighted by atomic mass is 9.96. The van der Waals surface area contributed by atoms with E-state index >= 15 is 0 Å².